The maximum atomic E-state index is 12.8. The zero-order valence-corrected chi connectivity index (χ0v) is 13.1. The van der Waals surface area contributed by atoms with Gasteiger partial charge in [-0.3, -0.25) is 14.3 Å². The largest absolute Gasteiger partial charge is 0.342 e. The lowest BCUT2D eigenvalue weighted by Gasteiger charge is -2.33. The van der Waals surface area contributed by atoms with Crippen LogP contribution in [0.1, 0.15) is 45.6 Å². The normalized spacial score (nSPS) is 18.5. The molecular formula is C15H24N4O2. The summed E-state index contributed by atoms with van der Waals surface area (Å²) in [5, 5.41) is 7.16. The van der Waals surface area contributed by atoms with Crippen LogP contribution in [0.4, 0.5) is 0 Å². The summed E-state index contributed by atoms with van der Waals surface area (Å²) >= 11 is 0. The summed E-state index contributed by atoms with van der Waals surface area (Å²) in [5.74, 6) is -0.0265. The number of aryl methyl sites for hydroxylation is 1. The van der Waals surface area contributed by atoms with Gasteiger partial charge in [0.05, 0.1) is 6.20 Å². The minimum Gasteiger partial charge on any atom is -0.342 e. The topological polar surface area (TPSA) is 67.2 Å². The van der Waals surface area contributed by atoms with Gasteiger partial charge in [0, 0.05) is 37.8 Å². The molecule has 1 aliphatic heterocycles. The Kier molecular flexibility index (Phi) is 4.65. The number of amides is 2. The molecule has 21 heavy (non-hydrogen) atoms. The molecule has 0 spiro atoms. The minimum absolute atomic E-state index is 0.0163. The van der Waals surface area contributed by atoms with Crippen molar-refractivity contribution in [2.24, 2.45) is 0 Å². The fourth-order valence-electron chi connectivity index (χ4n) is 2.79. The molecule has 2 amide bonds. The standard InChI is InChI=1S/C15H24N4O2/c1-4-15(5-2)14(21)18(8-7-13(20)17-15)10-12-9-16-19(6-3)11-12/h9,11H,4-8,10H2,1-3H3,(H,17,20). The van der Waals surface area contributed by atoms with E-state index in [4.69, 9.17) is 0 Å². The molecule has 1 N–H and O–H groups in total. The van der Waals surface area contributed by atoms with Crippen molar-refractivity contribution >= 4 is 11.8 Å². The van der Waals surface area contributed by atoms with Gasteiger partial charge in [-0.2, -0.15) is 5.10 Å². The molecule has 0 unspecified atom stereocenters. The molecule has 1 saturated heterocycles. The van der Waals surface area contributed by atoms with Crippen LogP contribution in [0.2, 0.25) is 0 Å². The lowest BCUT2D eigenvalue weighted by molar-refractivity contribution is -0.139. The van der Waals surface area contributed by atoms with E-state index in [0.717, 1.165) is 12.1 Å². The van der Waals surface area contributed by atoms with Gasteiger partial charge in [0.1, 0.15) is 5.54 Å². The summed E-state index contributed by atoms with van der Waals surface area (Å²) in [6.07, 6.45) is 5.32. The highest BCUT2D eigenvalue weighted by molar-refractivity contribution is 5.93. The Hall–Kier alpha value is -1.85. The molecule has 2 heterocycles. The average Bonchev–Trinajstić information content (AvgIpc) is 2.91. The number of carbonyl (C=O) groups is 2. The van der Waals surface area contributed by atoms with E-state index in [9.17, 15) is 9.59 Å². The van der Waals surface area contributed by atoms with Crippen LogP contribution in [0.15, 0.2) is 12.4 Å². The summed E-state index contributed by atoms with van der Waals surface area (Å²) in [5.41, 5.74) is 0.245. The predicted octanol–water partition coefficient (Wildman–Crippen LogP) is 1.31. The number of hydrogen-bond acceptors (Lipinski definition) is 3. The number of nitrogens with one attached hydrogen (secondary N) is 1. The highest BCUT2D eigenvalue weighted by Crippen LogP contribution is 2.23. The first-order chi connectivity index (χ1) is 10.0. The lowest BCUT2D eigenvalue weighted by atomic mass is 9.91. The highest BCUT2D eigenvalue weighted by Gasteiger charge is 2.41. The third-order valence-electron chi connectivity index (χ3n) is 4.28. The molecule has 1 aromatic heterocycles. The summed E-state index contributed by atoms with van der Waals surface area (Å²) in [6.45, 7) is 7.69. The molecule has 6 heteroatoms. The molecule has 6 nitrogen and oxygen atoms in total. The lowest BCUT2D eigenvalue weighted by Crippen LogP contribution is -2.56. The van der Waals surface area contributed by atoms with Crippen molar-refractivity contribution in [1.29, 1.82) is 0 Å². The Morgan fingerprint density at radius 3 is 2.57 bits per heavy atom. The Labute approximate surface area is 125 Å². The number of aromatic nitrogens is 2. The Balaban J connectivity index is 2.21. The first-order valence-electron chi connectivity index (χ1n) is 7.66. The van der Waals surface area contributed by atoms with Crippen molar-refractivity contribution < 1.29 is 9.59 Å². The van der Waals surface area contributed by atoms with Gasteiger partial charge in [0.15, 0.2) is 0 Å². The Morgan fingerprint density at radius 1 is 1.29 bits per heavy atom. The number of carbonyl (C=O) groups excluding carboxylic acids is 2. The van der Waals surface area contributed by atoms with Gasteiger partial charge < -0.3 is 10.2 Å². The zero-order chi connectivity index (χ0) is 15.5. The van der Waals surface area contributed by atoms with E-state index < -0.39 is 5.54 Å². The van der Waals surface area contributed by atoms with Crippen molar-refractivity contribution in [2.45, 2.75) is 58.7 Å². The first-order valence-corrected chi connectivity index (χ1v) is 7.66. The van der Waals surface area contributed by atoms with Crippen LogP contribution in [0.25, 0.3) is 0 Å². The Morgan fingerprint density at radius 2 is 2.00 bits per heavy atom. The smallest absolute Gasteiger partial charge is 0.248 e. The highest BCUT2D eigenvalue weighted by atomic mass is 16.2. The van der Waals surface area contributed by atoms with Crippen LogP contribution < -0.4 is 5.32 Å². The molecule has 0 bridgehead atoms. The molecule has 0 atom stereocenters. The molecular weight excluding hydrogens is 268 g/mol. The fraction of sp³-hybridized carbons (Fsp3) is 0.667. The van der Waals surface area contributed by atoms with E-state index in [2.05, 4.69) is 10.4 Å². The average molecular weight is 292 g/mol. The number of nitrogens with zero attached hydrogens (tertiary/aromatic N) is 3. The summed E-state index contributed by atoms with van der Waals surface area (Å²) in [6, 6.07) is 0. The maximum absolute atomic E-state index is 12.8. The van der Waals surface area contributed by atoms with Crippen molar-refractivity contribution in [3.8, 4) is 0 Å². The number of hydrogen-bond donors (Lipinski definition) is 1. The minimum atomic E-state index is -0.756. The van der Waals surface area contributed by atoms with Crippen LogP contribution in [0.3, 0.4) is 0 Å². The van der Waals surface area contributed by atoms with Gasteiger partial charge in [0.25, 0.3) is 0 Å². The monoisotopic (exact) mass is 292 g/mol. The maximum Gasteiger partial charge on any atom is 0.248 e. The first kappa shape index (κ1) is 15.5. The van der Waals surface area contributed by atoms with Crippen LogP contribution in [-0.4, -0.2) is 38.6 Å². The van der Waals surface area contributed by atoms with Gasteiger partial charge >= 0.3 is 0 Å². The molecule has 0 saturated carbocycles. The van der Waals surface area contributed by atoms with Crippen molar-refractivity contribution in [3.05, 3.63) is 18.0 Å². The SMILES string of the molecule is CCn1cc(CN2CCC(=O)NC(CC)(CC)C2=O)cn1. The van der Waals surface area contributed by atoms with Gasteiger partial charge in [0.2, 0.25) is 11.8 Å². The van der Waals surface area contributed by atoms with E-state index in [0.29, 0.717) is 32.4 Å². The molecule has 116 valence electrons. The van der Waals surface area contributed by atoms with Gasteiger partial charge in [-0.1, -0.05) is 13.8 Å². The fourth-order valence-corrected chi connectivity index (χ4v) is 2.79. The Bertz CT molecular complexity index is 519. The van der Waals surface area contributed by atoms with Crippen molar-refractivity contribution in [3.63, 3.8) is 0 Å². The summed E-state index contributed by atoms with van der Waals surface area (Å²) in [7, 11) is 0. The third-order valence-corrected chi connectivity index (χ3v) is 4.28. The molecule has 0 aromatic carbocycles. The van der Waals surface area contributed by atoms with E-state index >= 15 is 0 Å². The van der Waals surface area contributed by atoms with Crippen LogP contribution in [-0.2, 0) is 22.7 Å². The molecule has 1 fully saturated rings. The third kappa shape index (κ3) is 3.09. The van der Waals surface area contributed by atoms with E-state index in [1.165, 1.54) is 0 Å². The van der Waals surface area contributed by atoms with Crippen LogP contribution in [0, 0.1) is 0 Å². The van der Waals surface area contributed by atoms with Crippen LogP contribution in [0.5, 0.6) is 0 Å². The number of rotatable bonds is 5. The second-order valence-corrected chi connectivity index (χ2v) is 5.52. The van der Waals surface area contributed by atoms with E-state index in [1.54, 1.807) is 11.1 Å². The molecule has 0 aliphatic carbocycles. The second kappa shape index (κ2) is 6.28. The van der Waals surface area contributed by atoms with Gasteiger partial charge in [-0.25, -0.2) is 0 Å². The van der Waals surface area contributed by atoms with E-state index in [1.807, 2.05) is 31.6 Å². The second-order valence-electron chi connectivity index (χ2n) is 5.52. The molecule has 1 aliphatic rings. The van der Waals surface area contributed by atoms with Crippen molar-refractivity contribution in [2.75, 3.05) is 6.54 Å². The molecule has 0 radical (unpaired) electrons. The van der Waals surface area contributed by atoms with E-state index in [-0.39, 0.29) is 11.8 Å². The van der Waals surface area contributed by atoms with Crippen LogP contribution >= 0.6 is 0 Å². The summed E-state index contributed by atoms with van der Waals surface area (Å²) < 4.78 is 1.84. The molecule has 1 aromatic rings. The molecule has 2 rings (SSSR count). The quantitative estimate of drug-likeness (QED) is 0.890. The van der Waals surface area contributed by atoms with Crippen molar-refractivity contribution in [1.82, 2.24) is 20.0 Å². The zero-order valence-electron chi connectivity index (χ0n) is 13.1. The van der Waals surface area contributed by atoms with Gasteiger partial charge in [-0.15, -0.1) is 0 Å². The summed E-state index contributed by atoms with van der Waals surface area (Å²) in [4.78, 5) is 26.5. The van der Waals surface area contributed by atoms with Gasteiger partial charge in [-0.05, 0) is 19.8 Å². The predicted molar refractivity (Wildman–Crippen MR) is 79.4 cm³/mol.